The van der Waals surface area contributed by atoms with E-state index in [0.717, 1.165) is 18.3 Å². The quantitative estimate of drug-likeness (QED) is 0.859. The van der Waals surface area contributed by atoms with Gasteiger partial charge in [-0.05, 0) is 31.6 Å². The summed E-state index contributed by atoms with van der Waals surface area (Å²) in [5.74, 6) is 0.697. The van der Waals surface area contributed by atoms with Gasteiger partial charge in [-0.15, -0.1) is 0 Å². The van der Waals surface area contributed by atoms with Crippen LogP contribution in [0.15, 0.2) is 12.5 Å². The van der Waals surface area contributed by atoms with Crippen LogP contribution in [0.2, 0.25) is 0 Å². The lowest BCUT2D eigenvalue weighted by molar-refractivity contribution is 0.525. The molecular weight excluding hydrogens is 242 g/mol. The Hall–Kier alpha value is -0.480. The summed E-state index contributed by atoms with van der Waals surface area (Å²) in [5.41, 5.74) is 1.17. The summed E-state index contributed by atoms with van der Waals surface area (Å²) in [6.07, 6.45) is 10.5. The monoisotopic (exact) mass is 267 g/mol. The number of thioether (sulfide) groups is 1. The van der Waals surface area contributed by atoms with Gasteiger partial charge in [0.15, 0.2) is 0 Å². The molecule has 1 saturated carbocycles. The van der Waals surface area contributed by atoms with Crippen molar-refractivity contribution in [2.75, 3.05) is 12.8 Å². The summed E-state index contributed by atoms with van der Waals surface area (Å²) < 4.78 is 2.33. The number of imidazole rings is 1. The first kappa shape index (κ1) is 13.9. The standard InChI is InChI=1S/C14H25N3S/c1-11(2)7-15-8-12-9-17(10-16-12)13-5-4-6-14(13)18-3/h9-11,13-15H,4-8H2,1-3H3. The van der Waals surface area contributed by atoms with Crippen LogP contribution in [0.4, 0.5) is 0 Å². The van der Waals surface area contributed by atoms with Crippen molar-refractivity contribution in [3.8, 4) is 0 Å². The lowest BCUT2D eigenvalue weighted by atomic mass is 10.2. The van der Waals surface area contributed by atoms with E-state index in [-0.39, 0.29) is 0 Å². The second-order valence-electron chi connectivity index (χ2n) is 5.61. The first-order valence-electron chi connectivity index (χ1n) is 6.96. The molecule has 1 heterocycles. The highest BCUT2D eigenvalue weighted by Crippen LogP contribution is 2.37. The molecule has 3 nitrogen and oxygen atoms in total. The highest BCUT2D eigenvalue weighted by molar-refractivity contribution is 7.99. The Labute approximate surface area is 115 Å². The van der Waals surface area contributed by atoms with E-state index in [1.165, 1.54) is 25.0 Å². The molecule has 0 bridgehead atoms. The Morgan fingerprint density at radius 3 is 3.06 bits per heavy atom. The molecule has 1 aromatic heterocycles. The Kier molecular flexibility index (Phi) is 5.13. The number of hydrogen-bond donors (Lipinski definition) is 1. The zero-order chi connectivity index (χ0) is 13.0. The Morgan fingerprint density at radius 1 is 1.50 bits per heavy atom. The van der Waals surface area contributed by atoms with Gasteiger partial charge in [0.2, 0.25) is 0 Å². The molecular formula is C14H25N3S. The maximum Gasteiger partial charge on any atom is 0.0952 e. The van der Waals surface area contributed by atoms with E-state index in [1.807, 2.05) is 18.1 Å². The molecule has 0 saturated heterocycles. The van der Waals surface area contributed by atoms with Crippen molar-refractivity contribution in [1.29, 1.82) is 0 Å². The second kappa shape index (κ2) is 6.62. The van der Waals surface area contributed by atoms with Crippen LogP contribution in [0.5, 0.6) is 0 Å². The molecule has 102 valence electrons. The van der Waals surface area contributed by atoms with Crippen LogP contribution in [-0.4, -0.2) is 27.6 Å². The first-order valence-corrected chi connectivity index (χ1v) is 8.25. The predicted octanol–water partition coefficient (Wildman–Crippen LogP) is 3.09. The van der Waals surface area contributed by atoms with Crippen LogP contribution < -0.4 is 5.32 Å². The molecule has 4 heteroatoms. The topological polar surface area (TPSA) is 29.9 Å². The molecule has 2 unspecified atom stereocenters. The van der Waals surface area contributed by atoms with Gasteiger partial charge in [0.1, 0.15) is 0 Å². The van der Waals surface area contributed by atoms with Crippen LogP contribution in [-0.2, 0) is 6.54 Å². The maximum atomic E-state index is 4.52. The van der Waals surface area contributed by atoms with Crippen LogP contribution in [0.25, 0.3) is 0 Å². The van der Waals surface area contributed by atoms with Gasteiger partial charge in [0.25, 0.3) is 0 Å². The van der Waals surface area contributed by atoms with Crippen LogP contribution >= 0.6 is 11.8 Å². The van der Waals surface area contributed by atoms with E-state index < -0.39 is 0 Å². The molecule has 1 aromatic rings. The zero-order valence-corrected chi connectivity index (χ0v) is 12.5. The Balaban J connectivity index is 1.89. The SMILES string of the molecule is CSC1CCCC1n1cnc(CNCC(C)C)c1. The van der Waals surface area contributed by atoms with Crippen molar-refractivity contribution in [2.45, 2.75) is 50.9 Å². The number of aromatic nitrogens is 2. The Morgan fingerprint density at radius 2 is 2.33 bits per heavy atom. The summed E-state index contributed by atoms with van der Waals surface area (Å²) in [4.78, 5) is 4.52. The predicted molar refractivity (Wildman–Crippen MR) is 79.0 cm³/mol. The molecule has 2 rings (SSSR count). The molecule has 0 amide bonds. The zero-order valence-electron chi connectivity index (χ0n) is 11.7. The van der Waals surface area contributed by atoms with Crippen molar-refractivity contribution in [1.82, 2.24) is 14.9 Å². The van der Waals surface area contributed by atoms with E-state index in [9.17, 15) is 0 Å². The molecule has 1 N–H and O–H groups in total. The molecule has 2 atom stereocenters. The molecule has 0 aromatic carbocycles. The normalized spacial score (nSPS) is 24.0. The van der Waals surface area contributed by atoms with E-state index in [2.05, 4.69) is 41.2 Å². The molecule has 0 aliphatic heterocycles. The third kappa shape index (κ3) is 3.51. The van der Waals surface area contributed by atoms with Gasteiger partial charge in [0.05, 0.1) is 12.0 Å². The summed E-state index contributed by atoms with van der Waals surface area (Å²) in [7, 11) is 0. The maximum absolute atomic E-state index is 4.52. The lowest BCUT2D eigenvalue weighted by Gasteiger charge is -2.18. The van der Waals surface area contributed by atoms with Crippen molar-refractivity contribution in [3.05, 3.63) is 18.2 Å². The second-order valence-corrected chi connectivity index (χ2v) is 6.69. The van der Waals surface area contributed by atoms with Crippen LogP contribution in [0.1, 0.15) is 44.8 Å². The van der Waals surface area contributed by atoms with Gasteiger partial charge < -0.3 is 9.88 Å². The van der Waals surface area contributed by atoms with Gasteiger partial charge in [-0.1, -0.05) is 20.3 Å². The minimum Gasteiger partial charge on any atom is -0.333 e. The molecule has 0 spiro atoms. The first-order chi connectivity index (χ1) is 8.70. The van der Waals surface area contributed by atoms with Crippen molar-refractivity contribution in [2.24, 2.45) is 5.92 Å². The van der Waals surface area contributed by atoms with Gasteiger partial charge in [-0.25, -0.2) is 4.98 Å². The van der Waals surface area contributed by atoms with Crippen molar-refractivity contribution < 1.29 is 0 Å². The molecule has 18 heavy (non-hydrogen) atoms. The summed E-state index contributed by atoms with van der Waals surface area (Å²) >= 11 is 2.00. The number of hydrogen-bond acceptors (Lipinski definition) is 3. The van der Waals surface area contributed by atoms with Crippen molar-refractivity contribution >= 4 is 11.8 Å². The van der Waals surface area contributed by atoms with Gasteiger partial charge in [-0.3, -0.25) is 0 Å². The van der Waals surface area contributed by atoms with E-state index in [1.54, 1.807) is 0 Å². The highest BCUT2D eigenvalue weighted by atomic mass is 32.2. The molecule has 1 fully saturated rings. The largest absolute Gasteiger partial charge is 0.333 e. The van der Waals surface area contributed by atoms with Crippen LogP contribution in [0.3, 0.4) is 0 Å². The summed E-state index contributed by atoms with van der Waals surface area (Å²) in [5, 5.41) is 4.22. The number of nitrogens with zero attached hydrogens (tertiary/aromatic N) is 2. The molecule has 1 aliphatic rings. The fourth-order valence-corrected chi connectivity index (χ4v) is 3.66. The van der Waals surface area contributed by atoms with Crippen molar-refractivity contribution in [3.63, 3.8) is 0 Å². The highest BCUT2D eigenvalue weighted by Gasteiger charge is 2.27. The minimum absolute atomic E-state index is 0.659. The fourth-order valence-electron chi connectivity index (χ4n) is 2.66. The van der Waals surface area contributed by atoms with Gasteiger partial charge in [0, 0.05) is 24.0 Å². The summed E-state index contributed by atoms with van der Waals surface area (Å²) in [6.45, 7) is 6.41. The number of rotatable bonds is 6. The lowest BCUT2D eigenvalue weighted by Crippen LogP contribution is -2.19. The average Bonchev–Trinajstić information content (AvgIpc) is 2.95. The smallest absolute Gasteiger partial charge is 0.0952 e. The van der Waals surface area contributed by atoms with Crippen LogP contribution in [0, 0.1) is 5.92 Å². The van der Waals surface area contributed by atoms with E-state index in [0.29, 0.717) is 12.0 Å². The van der Waals surface area contributed by atoms with E-state index in [4.69, 9.17) is 0 Å². The third-order valence-electron chi connectivity index (χ3n) is 3.62. The summed E-state index contributed by atoms with van der Waals surface area (Å²) in [6, 6.07) is 0.659. The molecule has 0 radical (unpaired) electrons. The molecule has 1 aliphatic carbocycles. The third-order valence-corrected chi connectivity index (χ3v) is 4.77. The van der Waals surface area contributed by atoms with Gasteiger partial charge >= 0.3 is 0 Å². The van der Waals surface area contributed by atoms with Gasteiger partial charge in [-0.2, -0.15) is 11.8 Å². The number of nitrogens with one attached hydrogen (secondary N) is 1. The van der Waals surface area contributed by atoms with E-state index >= 15 is 0 Å². The average molecular weight is 267 g/mol. The fraction of sp³-hybridized carbons (Fsp3) is 0.786. The minimum atomic E-state index is 0.659. The Bertz CT molecular complexity index is 362.